The van der Waals surface area contributed by atoms with Crippen LogP contribution in [-0.2, 0) is 11.3 Å². The summed E-state index contributed by atoms with van der Waals surface area (Å²) in [6.45, 7) is 4.64. The maximum Gasteiger partial charge on any atom is 0.490 e. The van der Waals surface area contributed by atoms with Gasteiger partial charge in [0.1, 0.15) is 0 Å². The van der Waals surface area contributed by atoms with Crippen LogP contribution in [0, 0.1) is 6.92 Å². The molecule has 0 saturated heterocycles. The summed E-state index contributed by atoms with van der Waals surface area (Å²) in [6, 6.07) is 10.3. The topological polar surface area (TPSA) is 82.7 Å². The van der Waals surface area contributed by atoms with E-state index in [1.807, 2.05) is 30.7 Å². The molecule has 4 rings (SSSR count). The SMILES string of the molecule is Cc1ccccc1-c1cnc(CN2CCN(C)c3ccncc32)o1.O=C(O)C(F)(F)F. The molecule has 1 N–H and O–H groups in total. The number of hydrogen-bond acceptors (Lipinski definition) is 6. The van der Waals surface area contributed by atoms with Gasteiger partial charge in [-0.05, 0) is 18.6 Å². The van der Waals surface area contributed by atoms with Gasteiger partial charge in [0.05, 0.1) is 30.3 Å². The second-order valence-electron chi connectivity index (χ2n) is 6.94. The highest BCUT2D eigenvalue weighted by molar-refractivity contribution is 5.73. The van der Waals surface area contributed by atoms with E-state index in [4.69, 9.17) is 14.3 Å². The molecule has 7 nitrogen and oxygen atoms in total. The fourth-order valence-corrected chi connectivity index (χ4v) is 3.14. The first kappa shape index (κ1) is 22.1. The molecule has 0 bridgehead atoms. The number of nitrogens with zero attached hydrogens (tertiary/aromatic N) is 4. The fraction of sp³-hybridized carbons (Fsp3) is 0.286. The van der Waals surface area contributed by atoms with E-state index < -0.39 is 12.1 Å². The Kier molecular flexibility index (Phi) is 6.47. The molecule has 3 heterocycles. The monoisotopic (exact) mass is 434 g/mol. The van der Waals surface area contributed by atoms with Crippen molar-refractivity contribution in [1.82, 2.24) is 9.97 Å². The molecule has 0 radical (unpaired) electrons. The Bertz CT molecular complexity index is 1050. The number of halogens is 3. The lowest BCUT2D eigenvalue weighted by atomic mass is 10.1. The number of alkyl halides is 3. The first-order chi connectivity index (χ1) is 14.7. The van der Waals surface area contributed by atoms with Gasteiger partial charge in [0.15, 0.2) is 5.76 Å². The van der Waals surface area contributed by atoms with Gasteiger partial charge in [0.25, 0.3) is 0 Å². The minimum absolute atomic E-state index is 0.651. The van der Waals surface area contributed by atoms with Crippen LogP contribution in [0.3, 0.4) is 0 Å². The molecule has 0 saturated carbocycles. The quantitative estimate of drug-likeness (QED) is 0.664. The number of fused-ring (bicyclic) bond motifs is 1. The number of anilines is 2. The number of hydrogen-bond donors (Lipinski definition) is 1. The van der Waals surface area contributed by atoms with Crippen LogP contribution in [0.15, 0.2) is 53.3 Å². The van der Waals surface area contributed by atoms with E-state index >= 15 is 0 Å². The van der Waals surface area contributed by atoms with Crippen molar-refractivity contribution in [3.8, 4) is 11.3 Å². The van der Waals surface area contributed by atoms with Crippen molar-refractivity contribution in [3.63, 3.8) is 0 Å². The highest BCUT2D eigenvalue weighted by Crippen LogP contribution is 2.32. The first-order valence-corrected chi connectivity index (χ1v) is 9.37. The predicted molar refractivity (Wildman–Crippen MR) is 109 cm³/mol. The van der Waals surface area contributed by atoms with Gasteiger partial charge in [-0.2, -0.15) is 13.2 Å². The van der Waals surface area contributed by atoms with Crippen LogP contribution in [-0.4, -0.2) is 47.4 Å². The first-order valence-electron chi connectivity index (χ1n) is 9.37. The molecule has 0 spiro atoms. The number of aromatic nitrogens is 2. The summed E-state index contributed by atoms with van der Waals surface area (Å²) in [6.07, 6.45) is 0.480. The standard InChI is InChI=1S/C19H20N4O.C2HF3O2/c1-14-5-3-4-6-15(14)18-12-21-19(24-18)13-23-10-9-22(2)16-7-8-20-11-17(16)23;3-2(4,5)1(6)7/h3-8,11-12H,9-10,13H2,1-2H3;(H,6,7). The van der Waals surface area contributed by atoms with Gasteiger partial charge in [0, 0.05) is 31.9 Å². The molecule has 10 heteroatoms. The third kappa shape index (κ3) is 5.33. The number of rotatable bonds is 3. The van der Waals surface area contributed by atoms with E-state index in [2.05, 4.69) is 51.9 Å². The number of carboxylic acid groups (broad SMARTS) is 1. The van der Waals surface area contributed by atoms with E-state index in [1.165, 1.54) is 11.3 Å². The number of oxazole rings is 1. The fourth-order valence-electron chi connectivity index (χ4n) is 3.14. The second-order valence-corrected chi connectivity index (χ2v) is 6.94. The van der Waals surface area contributed by atoms with Crippen LogP contribution in [0.4, 0.5) is 24.5 Å². The third-order valence-electron chi connectivity index (χ3n) is 4.77. The van der Waals surface area contributed by atoms with E-state index in [9.17, 15) is 13.2 Å². The summed E-state index contributed by atoms with van der Waals surface area (Å²) in [7, 11) is 2.11. The lowest BCUT2D eigenvalue weighted by Gasteiger charge is -2.35. The van der Waals surface area contributed by atoms with E-state index in [-0.39, 0.29) is 0 Å². The minimum atomic E-state index is -5.08. The molecule has 1 aromatic carbocycles. The summed E-state index contributed by atoms with van der Waals surface area (Å²) in [5.41, 5.74) is 4.61. The molecule has 164 valence electrons. The second kappa shape index (κ2) is 9.07. The highest BCUT2D eigenvalue weighted by atomic mass is 19.4. The van der Waals surface area contributed by atoms with E-state index in [0.29, 0.717) is 6.54 Å². The van der Waals surface area contributed by atoms with Crippen LogP contribution in [0.25, 0.3) is 11.3 Å². The highest BCUT2D eigenvalue weighted by Gasteiger charge is 2.38. The molecular weight excluding hydrogens is 413 g/mol. The number of likely N-dealkylation sites (N-methyl/N-ethyl adjacent to an activating group) is 1. The van der Waals surface area contributed by atoms with Crippen molar-refractivity contribution in [1.29, 1.82) is 0 Å². The minimum Gasteiger partial charge on any atom is -0.475 e. The normalized spacial score (nSPS) is 13.3. The average molecular weight is 434 g/mol. The molecule has 0 fully saturated rings. The van der Waals surface area contributed by atoms with Gasteiger partial charge >= 0.3 is 12.1 Å². The Hall–Kier alpha value is -3.56. The largest absolute Gasteiger partial charge is 0.490 e. The summed E-state index contributed by atoms with van der Waals surface area (Å²) < 4.78 is 37.7. The molecule has 0 aliphatic carbocycles. The van der Waals surface area contributed by atoms with Crippen molar-refractivity contribution < 1.29 is 27.5 Å². The van der Waals surface area contributed by atoms with Crippen LogP contribution in [0.5, 0.6) is 0 Å². The number of pyridine rings is 1. The summed E-state index contributed by atoms with van der Waals surface area (Å²) in [4.78, 5) is 22.2. The number of benzene rings is 1. The molecule has 0 unspecified atom stereocenters. The summed E-state index contributed by atoms with van der Waals surface area (Å²) in [5.74, 6) is -1.20. The van der Waals surface area contributed by atoms with Crippen LogP contribution >= 0.6 is 0 Å². The predicted octanol–water partition coefficient (Wildman–Crippen LogP) is 4.13. The lowest BCUT2D eigenvalue weighted by Crippen LogP contribution is -2.38. The van der Waals surface area contributed by atoms with Gasteiger partial charge in [-0.3, -0.25) is 4.98 Å². The number of carboxylic acids is 1. The molecule has 3 aromatic rings. The van der Waals surface area contributed by atoms with Gasteiger partial charge < -0.3 is 19.3 Å². The molecule has 31 heavy (non-hydrogen) atoms. The van der Waals surface area contributed by atoms with E-state index in [0.717, 1.165) is 36.0 Å². The zero-order valence-electron chi connectivity index (χ0n) is 16.9. The maximum atomic E-state index is 10.6. The van der Waals surface area contributed by atoms with Crippen LogP contribution in [0.2, 0.25) is 0 Å². The summed E-state index contributed by atoms with van der Waals surface area (Å²) in [5, 5.41) is 7.12. The third-order valence-corrected chi connectivity index (χ3v) is 4.77. The Morgan fingerprint density at radius 1 is 1.16 bits per heavy atom. The zero-order chi connectivity index (χ0) is 22.6. The van der Waals surface area contributed by atoms with Gasteiger partial charge in [-0.1, -0.05) is 24.3 Å². The van der Waals surface area contributed by atoms with Gasteiger partial charge in [-0.15, -0.1) is 0 Å². The zero-order valence-corrected chi connectivity index (χ0v) is 16.9. The lowest BCUT2D eigenvalue weighted by molar-refractivity contribution is -0.192. The Labute approximate surface area is 176 Å². The Balaban J connectivity index is 0.000000339. The Morgan fingerprint density at radius 3 is 2.55 bits per heavy atom. The molecule has 0 atom stereocenters. The van der Waals surface area contributed by atoms with Crippen molar-refractivity contribution in [2.75, 3.05) is 29.9 Å². The van der Waals surface area contributed by atoms with Crippen molar-refractivity contribution in [2.24, 2.45) is 0 Å². The van der Waals surface area contributed by atoms with Crippen molar-refractivity contribution in [2.45, 2.75) is 19.6 Å². The maximum absolute atomic E-state index is 10.6. The van der Waals surface area contributed by atoms with Crippen LogP contribution in [0.1, 0.15) is 11.5 Å². The molecule has 1 aliphatic rings. The number of carbonyl (C=O) groups is 1. The number of aryl methyl sites for hydroxylation is 1. The van der Waals surface area contributed by atoms with Crippen molar-refractivity contribution in [3.05, 3.63) is 60.4 Å². The number of aliphatic carboxylic acids is 1. The van der Waals surface area contributed by atoms with E-state index in [1.54, 1.807) is 0 Å². The van der Waals surface area contributed by atoms with Gasteiger partial charge in [0.2, 0.25) is 5.89 Å². The Morgan fingerprint density at radius 2 is 1.87 bits per heavy atom. The van der Waals surface area contributed by atoms with Crippen molar-refractivity contribution >= 4 is 17.3 Å². The summed E-state index contributed by atoms with van der Waals surface area (Å²) >= 11 is 0. The molecule has 2 aromatic heterocycles. The average Bonchev–Trinajstić information content (AvgIpc) is 3.19. The van der Waals surface area contributed by atoms with Crippen LogP contribution < -0.4 is 9.80 Å². The van der Waals surface area contributed by atoms with Gasteiger partial charge in [-0.25, -0.2) is 9.78 Å². The molecular formula is C21H21F3N4O3. The smallest absolute Gasteiger partial charge is 0.475 e. The molecule has 0 amide bonds. The molecule has 1 aliphatic heterocycles.